The van der Waals surface area contributed by atoms with E-state index in [-0.39, 0.29) is 5.04 Å². The van der Waals surface area contributed by atoms with Crippen molar-refractivity contribution in [3.63, 3.8) is 0 Å². The molecule has 0 rings (SSSR count). The molecule has 0 atom stereocenters. The monoisotopic (exact) mass is 135 g/mol. The minimum absolute atomic E-state index is 0.164. The van der Waals surface area contributed by atoms with Crippen LogP contribution in [-0.4, -0.2) is 13.5 Å². The Labute approximate surface area is 50.2 Å². The summed E-state index contributed by atoms with van der Waals surface area (Å²) in [5.41, 5.74) is 0. The van der Waals surface area contributed by atoms with Gasteiger partial charge < -0.3 is 0 Å². The predicted octanol–water partition coefficient (Wildman–Crippen LogP) is 0.375. The maximum absolute atomic E-state index is 9.90. The predicted molar refractivity (Wildman–Crippen MR) is 32.9 cm³/mol. The molecule has 0 aliphatic heterocycles. The Bertz CT molecular complexity index is 142. The highest BCUT2D eigenvalue weighted by Gasteiger charge is 1.93. The van der Waals surface area contributed by atoms with Gasteiger partial charge in [0.05, 0.1) is 0 Å². The Morgan fingerprint density at radius 1 is 1.62 bits per heavy atom. The molecule has 3 nitrogen and oxygen atoms in total. The average Bonchev–Trinajstić information content (AvgIpc) is 1.67. The lowest BCUT2D eigenvalue weighted by Gasteiger charge is -1.85. The topological polar surface area (TPSA) is 58.0 Å². The van der Waals surface area contributed by atoms with Gasteiger partial charge in [-0.25, -0.2) is 8.42 Å². The second-order valence-corrected chi connectivity index (χ2v) is 2.51. The largest absolute Gasteiger partial charge is 0.294 e. The van der Waals surface area contributed by atoms with E-state index in [0.717, 1.165) is 6.42 Å². The van der Waals surface area contributed by atoms with Gasteiger partial charge in [0.2, 0.25) is 0 Å². The van der Waals surface area contributed by atoms with Crippen LogP contribution in [0.2, 0.25) is 0 Å². The third-order valence-electron chi connectivity index (χ3n) is 0.707. The summed E-state index contributed by atoms with van der Waals surface area (Å²) in [4.78, 5) is 0. The highest BCUT2D eigenvalue weighted by Crippen LogP contribution is 1.88. The Morgan fingerprint density at radius 2 is 2.12 bits per heavy atom. The molecule has 0 spiro atoms. The van der Waals surface area contributed by atoms with Gasteiger partial charge in [-0.3, -0.25) is 5.41 Å². The molecule has 4 heteroatoms. The van der Waals surface area contributed by atoms with E-state index in [0.29, 0.717) is 6.42 Å². The average molecular weight is 135 g/mol. The van der Waals surface area contributed by atoms with E-state index in [1.807, 2.05) is 6.92 Å². The summed E-state index contributed by atoms with van der Waals surface area (Å²) < 4.78 is 19.8. The first-order valence-electron chi connectivity index (χ1n) is 2.40. The lowest BCUT2D eigenvalue weighted by molar-refractivity contribution is 0.623. The van der Waals surface area contributed by atoms with Gasteiger partial charge in [-0.15, -0.1) is 0 Å². The maximum atomic E-state index is 9.90. The minimum atomic E-state index is -2.58. The van der Waals surface area contributed by atoms with Gasteiger partial charge >= 0.3 is 0 Å². The van der Waals surface area contributed by atoms with Crippen LogP contribution in [-0.2, 0) is 10.7 Å². The van der Waals surface area contributed by atoms with Gasteiger partial charge in [-0.2, -0.15) is 0 Å². The van der Waals surface area contributed by atoms with Crippen molar-refractivity contribution < 1.29 is 8.42 Å². The van der Waals surface area contributed by atoms with Crippen LogP contribution in [0.25, 0.3) is 0 Å². The Morgan fingerprint density at radius 3 is 2.25 bits per heavy atom. The summed E-state index contributed by atoms with van der Waals surface area (Å²) in [6.45, 7) is 1.84. The van der Waals surface area contributed by atoms with Crippen LogP contribution < -0.4 is 0 Å². The molecular weight excluding hydrogens is 126 g/mol. The summed E-state index contributed by atoms with van der Waals surface area (Å²) in [5.74, 6) is 0. The van der Waals surface area contributed by atoms with E-state index >= 15 is 0 Å². The van der Waals surface area contributed by atoms with Crippen LogP contribution in [0.15, 0.2) is 0 Å². The van der Waals surface area contributed by atoms with E-state index < -0.39 is 10.7 Å². The van der Waals surface area contributed by atoms with Gasteiger partial charge in [0, 0.05) is 0 Å². The molecule has 0 aromatic heterocycles. The van der Waals surface area contributed by atoms with Crippen molar-refractivity contribution in [3.05, 3.63) is 0 Å². The lowest BCUT2D eigenvalue weighted by atomic mass is 10.4. The minimum Gasteiger partial charge on any atom is -0.294 e. The molecular formula is C4H9NO2S. The fourth-order valence-corrected chi connectivity index (χ4v) is 0.734. The zero-order chi connectivity index (χ0) is 6.57. The number of hydrogen-bond donors (Lipinski definition) is 2. The molecule has 0 saturated carbocycles. The number of nitrogens with one attached hydrogen (secondary N) is 1. The molecule has 0 amide bonds. The first-order valence-corrected chi connectivity index (χ1v) is 3.58. The lowest BCUT2D eigenvalue weighted by Crippen LogP contribution is -1.95. The summed E-state index contributed by atoms with van der Waals surface area (Å²) in [6, 6.07) is 0. The van der Waals surface area contributed by atoms with Crippen molar-refractivity contribution in [1.29, 1.82) is 5.41 Å². The van der Waals surface area contributed by atoms with Crippen LogP contribution in [0.3, 0.4) is 0 Å². The Hall–Kier alpha value is -0.380. The molecule has 1 N–H and O–H groups in total. The van der Waals surface area contributed by atoms with Crippen molar-refractivity contribution in [3.8, 4) is 0 Å². The molecule has 48 valence electrons. The smallest absolute Gasteiger partial charge is 0.180 e. The fourth-order valence-electron chi connectivity index (χ4n) is 0.328. The first kappa shape index (κ1) is 7.62. The van der Waals surface area contributed by atoms with Crippen LogP contribution in [0, 0.1) is 5.41 Å². The number of hydrogen-bond acceptors (Lipinski definition) is 3. The third-order valence-corrected chi connectivity index (χ3v) is 1.37. The standard InChI is InChI=1S/C4H9NO2S/c1-2-3-4(5)8(6)7/h5,8H,2-3H2,1H3. The normalized spacial score (nSPS) is 9.75. The van der Waals surface area contributed by atoms with Crippen molar-refractivity contribution in [2.75, 3.05) is 0 Å². The van der Waals surface area contributed by atoms with Gasteiger partial charge in [0.1, 0.15) is 5.04 Å². The molecule has 0 aliphatic carbocycles. The van der Waals surface area contributed by atoms with Crippen LogP contribution in [0.4, 0.5) is 0 Å². The van der Waals surface area contributed by atoms with Crippen molar-refractivity contribution >= 4 is 15.7 Å². The van der Waals surface area contributed by atoms with E-state index in [1.165, 1.54) is 0 Å². The van der Waals surface area contributed by atoms with E-state index in [9.17, 15) is 8.42 Å². The highest BCUT2D eigenvalue weighted by molar-refractivity contribution is 7.89. The molecule has 0 aromatic rings. The van der Waals surface area contributed by atoms with Crippen LogP contribution in [0.1, 0.15) is 19.8 Å². The molecule has 8 heavy (non-hydrogen) atoms. The SMILES string of the molecule is CCCC(=N)[SH](=O)=O. The quantitative estimate of drug-likeness (QED) is 0.326. The summed E-state index contributed by atoms with van der Waals surface area (Å²) >= 11 is 0. The molecule has 0 saturated heterocycles. The zero-order valence-corrected chi connectivity index (χ0v) is 5.57. The Kier molecular flexibility index (Phi) is 3.43. The van der Waals surface area contributed by atoms with Crippen molar-refractivity contribution in [2.45, 2.75) is 19.8 Å². The molecule has 0 radical (unpaired) electrons. The third kappa shape index (κ3) is 2.74. The highest BCUT2D eigenvalue weighted by atomic mass is 32.2. The Balaban J connectivity index is 3.67. The molecule has 0 aromatic carbocycles. The summed E-state index contributed by atoms with van der Waals surface area (Å²) in [5, 5.41) is 6.58. The summed E-state index contributed by atoms with van der Waals surface area (Å²) in [7, 11) is -2.58. The second-order valence-electron chi connectivity index (χ2n) is 1.45. The molecule has 0 aliphatic rings. The van der Waals surface area contributed by atoms with Gasteiger partial charge in [-0.1, -0.05) is 6.92 Å². The number of rotatable bonds is 2. The fraction of sp³-hybridized carbons (Fsp3) is 0.750. The summed E-state index contributed by atoms with van der Waals surface area (Å²) in [6.07, 6.45) is 1.10. The van der Waals surface area contributed by atoms with Crippen LogP contribution in [0.5, 0.6) is 0 Å². The number of thiol groups is 1. The molecule has 0 fully saturated rings. The molecule has 0 bridgehead atoms. The van der Waals surface area contributed by atoms with Crippen molar-refractivity contribution in [2.24, 2.45) is 0 Å². The van der Waals surface area contributed by atoms with Gasteiger partial charge in [-0.05, 0) is 12.8 Å². The molecule has 0 heterocycles. The van der Waals surface area contributed by atoms with Gasteiger partial charge in [0.25, 0.3) is 0 Å². The van der Waals surface area contributed by atoms with E-state index in [2.05, 4.69) is 0 Å². The van der Waals surface area contributed by atoms with E-state index in [1.54, 1.807) is 0 Å². The van der Waals surface area contributed by atoms with Gasteiger partial charge in [0.15, 0.2) is 10.7 Å². The van der Waals surface area contributed by atoms with Crippen LogP contribution >= 0.6 is 0 Å². The van der Waals surface area contributed by atoms with Crippen molar-refractivity contribution in [1.82, 2.24) is 0 Å². The zero-order valence-electron chi connectivity index (χ0n) is 4.68. The molecule has 0 unspecified atom stereocenters. The second kappa shape index (κ2) is 3.60. The first-order chi connectivity index (χ1) is 3.68. The maximum Gasteiger partial charge on any atom is 0.180 e. The van der Waals surface area contributed by atoms with E-state index in [4.69, 9.17) is 5.41 Å².